The molecule has 0 unspecified atom stereocenters. The molecule has 0 bridgehead atoms. The van der Waals surface area contributed by atoms with E-state index in [2.05, 4.69) is 30.9 Å². The number of carbonyl (C=O) groups is 1. The summed E-state index contributed by atoms with van der Waals surface area (Å²) in [6.45, 7) is 1.87. The van der Waals surface area contributed by atoms with Crippen LogP contribution in [0.1, 0.15) is 21.7 Å². The number of fused-ring (bicyclic) bond motifs is 1. The molecule has 0 atom stereocenters. The largest absolute Gasteiger partial charge is 0.432 e. The summed E-state index contributed by atoms with van der Waals surface area (Å²) in [5.41, 5.74) is 8.63. The van der Waals surface area contributed by atoms with E-state index in [9.17, 15) is 18.0 Å². The van der Waals surface area contributed by atoms with E-state index in [1.54, 1.807) is 12.3 Å². The van der Waals surface area contributed by atoms with E-state index >= 15 is 0 Å². The van der Waals surface area contributed by atoms with Crippen molar-refractivity contribution in [3.05, 3.63) is 71.0 Å². The summed E-state index contributed by atoms with van der Waals surface area (Å²) in [5, 5.41) is 21.3. The molecule has 0 aliphatic carbocycles. The van der Waals surface area contributed by atoms with Gasteiger partial charge in [-0.3, -0.25) is 15.0 Å². The molecule has 5 rings (SSSR count). The Labute approximate surface area is 212 Å². The van der Waals surface area contributed by atoms with Crippen LogP contribution in [0.5, 0.6) is 0 Å². The van der Waals surface area contributed by atoms with Gasteiger partial charge in [-0.2, -0.15) is 23.4 Å². The lowest BCUT2D eigenvalue weighted by atomic mass is 9.99. The maximum absolute atomic E-state index is 13.1. The van der Waals surface area contributed by atoms with Gasteiger partial charge in [0.05, 0.1) is 17.4 Å². The Kier molecular flexibility index (Phi) is 6.74. The SMILES string of the molecule is NCCNCc1cccc(-c2cc3cn[nH]c3cc2NC(=O)c2csc(-c3cc(C(F)(F)F)[nH]n3)n2)c1. The first-order valence-corrected chi connectivity index (χ1v) is 12.1. The average molecular weight is 527 g/mol. The van der Waals surface area contributed by atoms with Crippen LogP contribution < -0.4 is 16.4 Å². The number of aromatic amines is 2. The number of nitrogens with zero attached hydrogens (tertiary/aromatic N) is 3. The minimum atomic E-state index is -4.55. The number of aromatic nitrogens is 5. The quantitative estimate of drug-likeness (QED) is 0.190. The van der Waals surface area contributed by atoms with Crippen molar-refractivity contribution in [2.24, 2.45) is 5.73 Å². The number of hydrogen-bond donors (Lipinski definition) is 5. The van der Waals surface area contributed by atoms with Crippen molar-refractivity contribution in [3.63, 3.8) is 0 Å². The fourth-order valence-corrected chi connectivity index (χ4v) is 4.54. The van der Waals surface area contributed by atoms with E-state index in [0.717, 1.165) is 45.0 Å². The zero-order valence-corrected chi connectivity index (χ0v) is 20.0. The number of nitrogens with one attached hydrogen (secondary N) is 4. The Balaban J connectivity index is 1.43. The fraction of sp³-hybridized carbons (Fsp3) is 0.167. The first kappa shape index (κ1) is 24.6. The third-order valence-electron chi connectivity index (χ3n) is 5.55. The molecule has 13 heteroatoms. The van der Waals surface area contributed by atoms with E-state index in [4.69, 9.17) is 5.73 Å². The van der Waals surface area contributed by atoms with E-state index < -0.39 is 17.8 Å². The summed E-state index contributed by atoms with van der Waals surface area (Å²) in [7, 11) is 0. The number of thiazole rings is 1. The van der Waals surface area contributed by atoms with Crippen molar-refractivity contribution in [2.75, 3.05) is 18.4 Å². The topological polar surface area (TPSA) is 137 Å². The molecule has 3 aromatic heterocycles. The van der Waals surface area contributed by atoms with Crippen molar-refractivity contribution >= 4 is 33.8 Å². The molecule has 0 aliphatic rings. The van der Waals surface area contributed by atoms with E-state index in [1.807, 2.05) is 35.4 Å². The smallest absolute Gasteiger partial charge is 0.329 e. The maximum atomic E-state index is 13.1. The maximum Gasteiger partial charge on any atom is 0.432 e. The van der Waals surface area contributed by atoms with Crippen LogP contribution in [0, 0.1) is 0 Å². The first-order valence-electron chi connectivity index (χ1n) is 11.2. The van der Waals surface area contributed by atoms with Gasteiger partial charge in [0.15, 0.2) is 0 Å². The molecule has 6 N–H and O–H groups in total. The highest BCUT2D eigenvalue weighted by Crippen LogP contribution is 2.34. The number of H-pyrrole nitrogens is 2. The second-order valence-corrected chi connectivity index (χ2v) is 9.04. The fourth-order valence-electron chi connectivity index (χ4n) is 3.78. The summed E-state index contributed by atoms with van der Waals surface area (Å²) in [6, 6.07) is 12.5. The van der Waals surface area contributed by atoms with Crippen molar-refractivity contribution in [3.8, 4) is 21.8 Å². The average Bonchev–Trinajstić information content (AvgIpc) is 3.64. The molecular weight excluding hydrogens is 505 g/mol. The molecule has 5 aromatic rings. The Morgan fingerprint density at radius 3 is 2.78 bits per heavy atom. The lowest BCUT2D eigenvalue weighted by Crippen LogP contribution is -2.21. The summed E-state index contributed by atoms with van der Waals surface area (Å²) >= 11 is 1.03. The van der Waals surface area contributed by atoms with Gasteiger partial charge in [-0.05, 0) is 35.4 Å². The second kappa shape index (κ2) is 10.1. The van der Waals surface area contributed by atoms with Crippen LogP contribution in [0.2, 0.25) is 0 Å². The van der Waals surface area contributed by atoms with Gasteiger partial charge in [0, 0.05) is 36.0 Å². The molecule has 2 aromatic carbocycles. The molecule has 3 heterocycles. The van der Waals surface area contributed by atoms with Crippen molar-refractivity contribution in [1.29, 1.82) is 0 Å². The highest BCUT2D eigenvalue weighted by Gasteiger charge is 2.33. The van der Waals surface area contributed by atoms with Gasteiger partial charge in [-0.15, -0.1) is 11.3 Å². The molecule has 0 saturated carbocycles. The van der Waals surface area contributed by atoms with Gasteiger partial charge in [0.2, 0.25) is 0 Å². The van der Waals surface area contributed by atoms with Crippen LogP contribution >= 0.6 is 11.3 Å². The van der Waals surface area contributed by atoms with E-state index in [0.29, 0.717) is 25.3 Å². The van der Waals surface area contributed by atoms with Crippen LogP contribution in [-0.4, -0.2) is 44.4 Å². The normalized spacial score (nSPS) is 11.8. The Hall–Kier alpha value is -4.07. The first-order chi connectivity index (χ1) is 17.8. The molecule has 0 fully saturated rings. The van der Waals surface area contributed by atoms with Gasteiger partial charge < -0.3 is 16.4 Å². The van der Waals surface area contributed by atoms with Gasteiger partial charge in [-0.1, -0.05) is 18.2 Å². The predicted molar refractivity (Wildman–Crippen MR) is 135 cm³/mol. The second-order valence-electron chi connectivity index (χ2n) is 8.18. The molecule has 0 aliphatic heterocycles. The molecule has 37 heavy (non-hydrogen) atoms. The number of benzene rings is 2. The van der Waals surface area contributed by atoms with Gasteiger partial charge in [-0.25, -0.2) is 4.98 Å². The zero-order chi connectivity index (χ0) is 26.0. The monoisotopic (exact) mass is 526 g/mol. The van der Waals surface area contributed by atoms with Crippen LogP contribution in [0.25, 0.3) is 32.7 Å². The standard InChI is InChI=1S/C24H21F3N8OS/c25-24(26,27)21-9-19(34-35-21)23-32-20(12-37-23)22(36)31-18-8-17-15(11-30-33-17)7-16(18)14-3-1-2-13(6-14)10-29-5-4-28/h1-3,6-9,11-12,29H,4-5,10,28H2,(H,30,33)(H,31,36)(H,34,35). The molecule has 0 radical (unpaired) electrons. The number of rotatable bonds is 8. The Morgan fingerprint density at radius 2 is 2.00 bits per heavy atom. The number of amides is 1. The van der Waals surface area contributed by atoms with Crippen molar-refractivity contribution in [2.45, 2.75) is 12.7 Å². The van der Waals surface area contributed by atoms with Crippen LogP contribution in [0.3, 0.4) is 0 Å². The highest BCUT2D eigenvalue weighted by atomic mass is 32.1. The summed E-state index contributed by atoms with van der Waals surface area (Å²) in [5.74, 6) is -0.505. The Bertz CT molecular complexity index is 1550. The van der Waals surface area contributed by atoms with Crippen LogP contribution in [-0.2, 0) is 12.7 Å². The van der Waals surface area contributed by atoms with Crippen LogP contribution in [0.15, 0.2) is 54.0 Å². The van der Waals surface area contributed by atoms with Crippen molar-refractivity contribution in [1.82, 2.24) is 30.7 Å². The van der Waals surface area contributed by atoms with E-state index in [1.165, 1.54) is 5.38 Å². The zero-order valence-electron chi connectivity index (χ0n) is 19.2. The molecule has 0 saturated heterocycles. The number of anilines is 1. The minimum Gasteiger partial charge on any atom is -0.329 e. The van der Waals surface area contributed by atoms with Gasteiger partial charge in [0.1, 0.15) is 22.1 Å². The molecular formula is C24H21F3N8OS. The summed E-state index contributed by atoms with van der Waals surface area (Å²) in [4.78, 5) is 17.3. The van der Waals surface area contributed by atoms with Gasteiger partial charge >= 0.3 is 6.18 Å². The number of hydrogen-bond acceptors (Lipinski definition) is 7. The van der Waals surface area contributed by atoms with Crippen LogP contribution in [0.4, 0.5) is 18.9 Å². The minimum absolute atomic E-state index is 0.0102. The molecule has 0 spiro atoms. The van der Waals surface area contributed by atoms with E-state index in [-0.39, 0.29) is 16.4 Å². The summed E-state index contributed by atoms with van der Waals surface area (Å²) < 4.78 is 38.7. The molecule has 9 nitrogen and oxygen atoms in total. The van der Waals surface area contributed by atoms with Crippen molar-refractivity contribution < 1.29 is 18.0 Å². The van der Waals surface area contributed by atoms with Gasteiger partial charge in [0.25, 0.3) is 5.91 Å². The predicted octanol–water partition coefficient (Wildman–Crippen LogP) is 4.40. The lowest BCUT2D eigenvalue weighted by Gasteiger charge is -2.13. The highest BCUT2D eigenvalue weighted by molar-refractivity contribution is 7.13. The summed E-state index contributed by atoms with van der Waals surface area (Å²) in [6.07, 6.45) is -2.86. The Morgan fingerprint density at radius 1 is 1.14 bits per heavy atom. The number of nitrogens with two attached hydrogens (primary N) is 1. The number of halogens is 3. The number of alkyl halides is 3. The molecule has 190 valence electrons. The third-order valence-corrected chi connectivity index (χ3v) is 6.42. The number of carbonyl (C=O) groups excluding carboxylic acids is 1. The molecule has 1 amide bonds. The lowest BCUT2D eigenvalue weighted by molar-refractivity contribution is -0.141. The third kappa shape index (κ3) is 5.38.